The number of likely N-dealkylation sites (N-methyl/N-ethyl adjacent to an activating group) is 1. The van der Waals surface area contributed by atoms with Crippen molar-refractivity contribution in [3.63, 3.8) is 0 Å². The minimum Gasteiger partial charge on any atom is -0.342 e. The van der Waals surface area contributed by atoms with Gasteiger partial charge in [-0.2, -0.15) is 5.10 Å². The van der Waals surface area contributed by atoms with Crippen LogP contribution in [0.1, 0.15) is 32.3 Å². The molecule has 0 bridgehead atoms. The van der Waals surface area contributed by atoms with Gasteiger partial charge in [-0.1, -0.05) is 12.1 Å². The van der Waals surface area contributed by atoms with Crippen LogP contribution in [0.3, 0.4) is 0 Å². The lowest BCUT2D eigenvalue weighted by atomic mass is 10.1. The Hall–Kier alpha value is -2.81. The molecule has 3 rings (SSSR count). The molecule has 2 aliphatic heterocycles. The molecule has 0 N–H and O–H groups in total. The molecule has 8 nitrogen and oxygen atoms in total. The Labute approximate surface area is 182 Å². The van der Waals surface area contributed by atoms with Crippen LogP contribution in [0.5, 0.6) is 0 Å². The van der Waals surface area contributed by atoms with Gasteiger partial charge in [0.15, 0.2) is 0 Å². The number of halogens is 1. The number of hydrogen-bond acceptors (Lipinski definition) is 5. The first-order valence-corrected chi connectivity index (χ1v) is 10.8. The molecule has 0 spiro atoms. The van der Waals surface area contributed by atoms with Gasteiger partial charge in [-0.25, -0.2) is 9.40 Å². The van der Waals surface area contributed by atoms with Crippen molar-refractivity contribution in [3.8, 4) is 0 Å². The van der Waals surface area contributed by atoms with Crippen molar-refractivity contribution in [2.75, 3.05) is 45.8 Å². The molecule has 0 atom stereocenters. The fourth-order valence-electron chi connectivity index (χ4n) is 3.80. The molecule has 0 radical (unpaired) electrons. The van der Waals surface area contributed by atoms with Gasteiger partial charge in [-0.05, 0) is 31.5 Å². The van der Waals surface area contributed by atoms with E-state index in [2.05, 4.69) is 10.0 Å². The first kappa shape index (κ1) is 22.9. The van der Waals surface area contributed by atoms with Crippen molar-refractivity contribution in [1.29, 1.82) is 0 Å². The maximum atomic E-state index is 13.1. The van der Waals surface area contributed by atoms with Gasteiger partial charge in [0.05, 0.1) is 13.1 Å². The predicted molar refractivity (Wildman–Crippen MR) is 115 cm³/mol. The van der Waals surface area contributed by atoms with Gasteiger partial charge < -0.3 is 9.80 Å². The van der Waals surface area contributed by atoms with Crippen LogP contribution in [-0.4, -0.2) is 89.0 Å². The van der Waals surface area contributed by atoms with Crippen molar-refractivity contribution in [1.82, 2.24) is 19.7 Å². The Morgan fingerprint density at radius 2 is 1.68 bits per heavy atom. The maximum absolute atomic E-state index is 13.1. The Morgan fingerprint density at radius 1 is 1.03 bits per heavy atom. The molecule has 0 aliphatic carbocycles. The van der Waals surface area contributed by atoms with Crippen LogP contribution in [0.25, 0.3) is 0 Å². The highest BCUT2D eigenvalue weighted by Gasteiger charge is 2.30. The fraction of sp³-hybridized carbons (Fsp3) is 0.545. The second kappa shape index (κ2) is 10.5. The van der Waals surface area contributed by atoms with E-state index >= 15 is 0 Å². The van der Waals surface area contributed by atoms with E-state index in [4.69, 9.17) is 0 Å². The van der Waals surface area contributed by atoms with E-state index in [0.717, 1.165) is 5.56 Å². The van der Waals surface area contributed by atoms with Crippen molar-refractivity contribution < 1.29 is 18.8 Å². The zero-order valence-electron chi connectivity index (χ0n) is 18.2. The third-order valence-corrected chi connectivity index (χ3v) is 5.73. The van der Waals surface area contributed by atoms with Gasteiger partial charge in [-0.3, -0.25) is 19.3 Å². The highest BCUT2D eigenvalue weighted by Crippen LogP contribution is 2.16. The molecule has 0 unspecified atom stereocenters. The molecule has 1 aromatic rings. The van der Waals surface area contributed by atoms with E-state index in [1.165, 1.54) is 17.1 Å². The second-order valence-corrected chi connectivity index (χ2v) is 7.76. The molecular formula is C22H30FN5O3. The van der Waals surface area contributed by atoms with Gasteiger partial charge >= 0.3 is 0 Å². The summed E-state index contributed by atoms with van der Waals surface area (Å²) >= 11 is 0. The summed E-state index contributed by atoms with van der Waals surface area (Å²) in [5.41, 5.74) is 1.12. The number of amides is 3. The zero-order chi connectivity index (χ0) is 22.4. The number of benzene rings is 1. The summed E-state index contributed by atoms with van der Waals surface area (Å²) in [7, 11) is 0. The molecule has 9 heteroatoms. The van der Waals surface area contributed by atoms with Crippen molar-refractivity contribution in [2.45, 2.75) is 33.2 Å². The maximum Gasteiger partial charge on any atom is 0.270 e. The second-order valence-electron chi connectivity index (χ2n) is 7.76. The van der Waals surface area contributed by atoms with Gasteiger partial charge in [0.1, 0.15) is 11.5 Å². The van der Waals surface area contributed by atoms with Crippen LogP contribution in [0.15, 0.2) is 29.4 Å². The van der Waals surface area contributed by atoms with E-state index in [0.29, 0.717) is 57.9 Å². The average Bonchev–Trinajstić information content (AvgIpc) is 2.77. The molecule has 3 amide bonds. The summed E-state index contributed by atoms with van der Waals surface area (Å²) in [6, 6.07) is 5.88. The van der Waals surface area contributed by atoms with E-state index < -0.39 is 0 Å². The summed E-state index contributed by atoms with van der Waals surface area (Å²) < 4.78 is 13.1. The van der Waals surface area contributed by atoms with E-state index in [1.807, 2.05) is 13.8 Å². The molecule has 0 saturated carbocycles. The predicted octanol–water partition coefficient (Wildman–Crippen LogP) is 1.32. The van der Waals surface area contributed by atoms with Crippen LogP contribution in [0.4, 0.5) is 4.39 Å². The molecule has 1 saturated heterocycles. The summed E-state index contributed by atoms with van der Waals surface area (Å²) in [5, 5.41) is 5.60. The number of carbonyl (C=O) groups excluding carboxylic acids is 3. The Balaban J connectivity index is 1.56. The van der Waals surface area contributed by atoms with Crippen molar-refractivity contribution >= 4 is 23.4 Å². The highest BCUT2D eigenvalue weighted by atomic mass is 19.1. The topological polar surface area (TPSA) is 76.5 Å². The van der Waals surface area contributed by atoms with E-state index in [1.54, 1.807) is 21.9 Å². The molecule has 1 fully saturated rings. The van der Waals surface area contributed by atoms with Gasteiger partial charge in [0.25, 0.3) is 5.91 Å². The smallest absolute Gasteiger partial charge is 0.270 e. The number of carbonyl (C=O) groups is 3. The van der Waals surface area contributed by atoms with Crippen molar-refractivity contribution in [3.05, 3.63) is 35.6 Å². The number of rotatable bonds is 7. The Bertz CT molecular complexity index is 830. The summed E-state index contributed by atoms with van der Waals surface area (Å²) in [5.74, 6) is -0.547. The molecular weight excluding hydrogens is 401 g/mol. The normalized spacial score (nSPS) is 17.5. The number of nitrogens with zero attached hydrogens (tertiary/aromatic N) is 5. The summed E-state index contributed by atoms with van der Waals surface area (Å²) in [4.78, 5) is 43.1. The summed E-state index contributed by atoms with van der Waals surface area (Å²) in [6.07, 6.45) is 0.544. The minimum atomic E-state index is -0.342. The number of hydrogen-bond donors (Lipinski definition) is 0. The minimum absolute atomic E-state index is 0.108. The number of piperazine rings is 1. The first-order chi connectivity index (χ1) is 14.9. The SMILES string of the molecule is CCN(CC)C(=O)CN1CCN(C(=O)C2=NN(Cc3ccc(F)cc3)C(=O)CC2)CC1. The van der Waals surface area contributed by atoms with Crippen LogP contribution in [0, 0.1) is 5.82 Å². The van der Waals surface area contributed by atoms with E-state index in [-0.39, 0.29) is 36.5 Å². The van der Waals surface area contributed by atoms with Crippen molar-refractivity contribution in [2.24, 2.45) is 5.10 Å². The molecule has 2 heterocycles. The van der Waals surface area contributed by atoms with Gasteiger partial charge in [0.2, 0.25) is 11.8 Å². The van der Waals surface area contributed by atoms with Crippen LogP contribution >= 0.6 is 0 Å². The monoisotopic (exact) mass is 431 g/mol. The molecule has 1 aromatic carbocycles. The average molecular weight is 432 g/mol. The standard InChI is InChI=1S/C22H30FN5O3/c1-3-26(4-2)21(30)16-25-11-13-27(14-12-25)22(31)19-9-10-20(29)28(24-19)15-17-5-7-18(23)8-6-17/h5-8H,3-4,9-16H2,1-2H3. The van der Waals surface area contributed by atoms with Crippen LogP contribution in [0.2, 0.25) is 0 Å². The lowest BCUT2D eigenvalue weighted by Gasteiger charge is -2.36. The quantitative estimate of drug-likeness (QED) is 0.653. The third kappa shape index (κ3) is 5.88. The van der Waals surface area contributed by atoms with Gasteiger partial charge in [0, 0.05) is 52.1 Å². The molecule has 2 aliphatic rings. The lowest BCUT2D eigenvalue weighted by Crippen LogP contribution is -2.53. The number of hydrazone groups is 1. The first-order valence-electron chi connectivity index (χ1n) is 10.8. The highest BCUT2D eigenvalue weighted by molar-refractivity contribution is 6.39. The molecule has 31 heavy (non-hydrogen) atoms. The Morgan fingerprint density at radius 3 is 2.29 bits per heavy atom. The summed E-state index contributed by atoms with van der Waals surface area (Å²) in [6.45, 7) is 8.20. The van der Waals surface area contributed by atoms with Crippen LogP contribution < -0.4 is 0 Å². The molecule has 168 valence electrons. The molecule has 0 aromatic heterocycles. The Kier molecular flexibility index (Phi) is 7.73. The fourth-order valence-corrected chi connectivity index (χ4v) is 3.80. The third-order valence-electron chi connectivity index (χ3n) is 5.73. The lowest BCUT2D eigenvalue weighted by molar-refractivity contribution is -0.133. The van der Waals surface area contributed by atoms with E-state index in [9.17, 15) is 18.8 Å². The zero-order valence-corrected chi connectivity index (χ0v) is 18.2. The van der Waals surface area contributed by atoms with Crippen LogP contribution in [-0.2, 0) is 20.9 Å². The largest absolute Gasteiger partial charge is 0.342 e. The van der Waals surface area contributed by atoms with Gasteiger partial charge in [-0.15, -0.1) is 0 Å².